The average molecular weight is 267 g/mol. The molecule has 88 valence electrons. The van der Waals surface area contributed by atoms with Crippen LogP contribution in [0.5, 0.6) is 0 Å². The average Bonchev–Trinajstić information content (AvgIpc) is 2.58. The van der Waals surface area contributed by atoms with Gasteiger partial charge in [-0.05, 0) is 26.0 Å². The van der Waals surface area contributed by atoms with Gasteiger partial charge in [-0.25, -0.2) is 9.67 Å². The molecule has 0 fully saturated rings. The number of aryl methyl sites for hydroxylation is 2. The van der Waals surface area contributed by atoms with Crippen LogP contribution < -0.4 is 5.73 Å². The molecule has 0 aliphatic carbocycles. The quantitative estimate of drug-likeness (QED) is 0.847. The van der Waals surface area contributed by atoms with Gasteiger partial charge < -0.3 is 5.73 Å². The summed E-state index contributed by atoms with van der Waals surface area (Å²) >= 11 is 11.0. The Morgan fingerprint density at radius 3 is 2.65 bits per heavy atom. The zero-order chi connectivity index (χ0) is 12.6. The first-order valence-electron chi connectivity index (χ1n) is 4.98. The van der Waals surface area contributed by atoms with Gasteiger partial charge in [-0.2, -0.15) is 5.10 Å². The number of nitrogens with two attached hydrogens (primary N) is 1. The molecular formula is C11H11ClN4S. The Bertz CT molecular complexity index is 572. The smallest absolute Gasteiger partial charge is 0.163 e. The van der Waals surface area contributed by atoms with Gasteiger partial charge in [-0.3, -0.25) is 0 Å². The molecule has 2 rings (SSSR count). The number of hydrogen-bond donors (Lipinski definition) is 1. The van der Waals surface area contributed by atoms with E-state index in [-0.39, 0.29) is 4.99 Å². The van der Waals surface area contributed by atoms with E-state index in [1.807, 2.05) is 26.0 Å². The molecule has 0 bridgehead atoms. The highest BCUT2D eigenvalue weighted by molar-refractivity contribution is 7.80. The Morgan fingerprint density at radius 2 is 2.12 bits per heavy atom. The van der Waals surface area contributed by atoms with Gasteiger partial charge in [-0.1, -0.05) is 23.8 Å². The van der Waals surface area contributed by atoms with Gasteiger partial charge >= 0.3 is 0 Å². The van der Waals surface area contributed by atoms with Crippen LogP contribution in [0.3, 0.4) is 0 Å². The summed E-state index contributed by atoms with van der Waals surface area (Å²) in [4.78, 5) is 4.68. The minimum Gasteiger partial charge on any atom is -0.389 e. The Morgan fingerprint density at radius 1 is 1.41 bits per heavy atom. The van der Waals surface area contributed by atoms with E-state index in [0.29, 0.717) is 16.4 Å². The molecule has 0 spiro atoms. The van der Waals surface area contributed by atoms with Crippen molar-refractivity contribution in [2.24, 2.45) is 5.73 Å². The molecule has 0 aliphatic heterocycles. The molecule has 2 heterocycles. The maximum Gasteiger partial charge on any atom is 0.163 e. The van der Waals surface area contributed by atoms with Gasteiger partial charge in [0.25, 0.3) is 0 Å². The second kappa shape index (κ2) is 4.43. The van der Waals surface area contributed by atoms with Crippen LogP contribution in [0.2, 0.25) is 5.02 Å². The summed E-state index contributed by atoms with van der Waals surface area (Å²) in [5.41, 5.74) is 7.95. The van der Waals surface area contributed by atoms with E-state index in [4.69, 9.17) is 29.6 Å². The van der Waals surface area contributed by atoms with Crippen LogP contribution in [0.1, 0.15) is 17.0 Å². The lowest BCUT2D eigenvalue weighted by Gasteiger charge is -2.07. The van der Waals surface area contributed by atoms with E-state index in [1.165, 1.54) is 0 Å². The molecule has 6 heteroatoms. The summed E-state index contributed by atoms with van der Waals surface area (Å²) in [6.07, 6.45) is 1.69. The number of thiocarbonyl (C=S) groups is 1. The molecule has 0 unspecified atom stereocenters. The number of halogens is 1. The lowest BCUT2D eigenvalue weighted by atomic mass is 10.2. The second-order valence-electron chi connectivity index (χ2n) is 3.70. The van der Waals surface area contributed by atoms with E-state index in [0.717, 1.165) is 11.4 Å². The molecule has 17 heavy (non-hydrogen) atoms. The van der Waals surface area contributed by atoms with Gasteiger partial charge in [0.15, 0.2) is 5.82 Å². The van der Waals surface area contributed by atoms with Gasteiger partial charge in [-0.15, -0.1) is 0 Å². The fourth-order valence-electron chi connectivity index (χ4n) is 1.46. The van der Waals surface area contributed by atoms with Crippen molar-refractivity contribution in [2.45, 2.75) is 13.8 Å². The Kier molecular flexibility index (Phi) is 3.13. The van der Waals surface area contributed by atoms with Crippen LogP contribution in [0.15, 0.2) is 18.3 Å². The number of hydrogen-bond acceptors (Lipinski definition) is 3. The summed E-state index contributed by atoms with van der Waals surface area (Å²) in [6, 6.07) is 3.70. The molecule has 2 aromatic rings. The third-order valence-corrected chi connectivity index (χ3v) is 2.93. The first-order valence-corrected chi connectivity index (χ1v) is 5.77. The van der Waals surface area contributed by atoms with Gasteiger partial charge in [0.2, 0.25) is 0 Å². The van der Waals surface area contributed by atoms with Gasteiger partial charge in [0, 0.05) is 5.69 Å². The minimum atomic E-state index is 0.289. The topological polar surface area (TPSA) is 56.7 Å². The predicted molar refractivity (Wildman–Crippen MR) is 71.7 cm³/mol. The summed E-state index contributed by atoms with van der Waals surface area (Å²) in [6.45, 7) is 3.72. The molecule has 0 atom stereocenters. The Balaban J connectivity index is 2.64. The zero-order valence-electron chi connectivity index (χ0n) is 9.44. The molecule has 2 N–H and O–H groups in total. The van der Waals surface area contributed by atoms with E-state index in [9.17, 15) is 0 Å². The van der Waals surface area contributed by atoms with Crippen molar-refractivity contribution >= 4 is 28.8 Å². The lowest BCUT2D eigenvalue weighted by Crippen LogP contribution is -2.15. The van der Waals surface area contributed by atoms with Crippen molar-refractivity contribution in [1.29, 1.82) is 0 Å². The van der Waals surface area contributed by atoms with E-state index >= 15 is 0 Å². The Labute approximate surface area is 109 Å². The number of pyridine rings is 1. The second-order valence-corrected chi connectivity index (χ2v) is 4.54. The summed E-state index contributed by atoms with van der Waals surface area (Å²) < 4.78 is 1.60. The van der Waals surface area contributed by atoms with Gasteiger partial charge in [0.1, 0.15) is 4.99 Å². The predicted octanol–water partition coefficient (Wildman–Crippen LogP) is 2.17. The van der Waals surface area contributed by atoms with Gasteiger partial charge in [0.05, 0.1) is 22.5 Å². The third kappa shape index (κ3) is 2.30. The van der Waals surface area contributed by atoms with E-state index < -0.39 is 0 Å². The van der Waals surface area contributed by atoms with Crippen LogP contribution in [0, 0.1) is 13.8 Å². The first kappa shape index (κ1) is 12.0. The summed E-state index contributed by atoms with van der Waals surface area (Å²) in [5, 5.41) is 4.86. The van der Waals surface area contributed by atoms with Crippen LogP contribution in [0.4, 0.5) is 0 Å². The highest BCUT2D eigenvalue weighted by Gasteiger charge is 2.12. The summed E-state index contributed by atoms with van der Waals surface area (Å²) in [7, 11) is 0. The largest absolute Gasteiger partial charge is 0.389 e. The fraction of sp³-hybridized carbons (Fsp3) is 0.182. The van der Waals surface area contributed by atoms with Crippen LogP contribution in [-0.4, -0.2) is 19.8 Å². The van der Waals surface area contributed by atoms with Crippen molar-refractivity contribution in [1.82, 2.24) is 14.8 Å². The van der Waals surface area contributed by atoms with Crippen molar-refractivity contribution in [2.75, 3.05) is 0 Å². The molecular weight excluding hydrogens is 256 g/mol. The Hall–Kier alpha value is -1.46. The van der Waals surface area contributed by atoms with E-state index in [1.54, 1.807) is 10.9 Å². The molecule has 0 saturated carbocycles. The standard InChI is InChI=1S/C11H11ClN4S/c1-6-3-4-8(10(13)17)11(14-6)16-5-9(12)7(2)15-16/h3-5H,1-2H3,(H2,13,17). The molecule has 4 nitrogen and oxygen atoms in total. The SMILES string of the molecule is Cc1ccc(C(N)=S)c(-n2cc(Cl)c(C)n2)n1. The first-order chi connectivity index (χ1) is 7.99. The van der Waals surface area contributed by atoms with Crippen molar-refractivity contribution < 1.29 is 0 Å². The molecule has 2 aromatic heterocycles. The molecule has 0 radical (unpaired) electrons. The fourth-order valence-corrected chi connectivity index (χ4v) is 1.75. The van der Waals surface area contributed by atoms with Crippen molar-refractivity contribution in [3.05, 3.63) is 40.3 Å². The normalized spacial score (nSPS) is 10.5. The van der Waals surface area contributed by atoms with E-state index in [2.05, 4.69) is 10.1 Å². The minimum absolute atomic E-state index is 0.289. The number of aromatic nitrogens is 3. The van der Waals surface area contributed by atoms with Crippen LogP contribution in [-0.2, 0) is 0 Å². The molecule has 0 aliphatic rings. The highest BCUT2D eigenvalue weighted by Crippen LogP contribution is 2.18. The third-order valence-electron chi connectivity index (χ3n) is 2.34. The molecule has 0 amide bonds. The zero-order valence-corrected chi connectivity index (χ0v) is 11.0. The highest BCUT2D eigenvalue weighted by atomic mass is 35.5. The monoisotopic (exact) mass is 266 g/mol. The van der Waals surface area contributed by atoms with Crippen molar-refractivity contribution in [3.8, 4) is 5.82 Å². The maximum atomic E-state index is 5.98. The number of nitrogens with zero attached hydrogens (tertiary/aromatic N) is 3. The maximum absolute atomic E-state index is 5.98. The summed E-state index contributed by atoms with van der Waals surface area (Å²) in [5.74, 6) is 0.604. The van der Waals surface area contributed by atoms with Crippen LogP contribution in [0.25, 0.3) is 5.82 Å². The van der Waals surface area contributed by atoms with Crippen LogP contribution >= 0.6 is 23.8 Å². The number of rotatable bonds is 2. The van der Waals surface area contributed by atoms with Crippen molar-refractivity contribution in [3.63, 3.8) is 0 Å². The molecule has 0 aromatic carbocycles. The molecule has 0 saturated heterocycles. The lowest BCUT2D eigenvalue weighted by molar-refractivity contribution is 0.825.